The van der Waals surface area contributed by atoms with Crippen molar-refractivity contribution in [1.82, 2.24) is 15.1 Å². The van der Waals surface area contributed by atoms with E-state index in [-0.39, 0.29) is 23.6 Å². The van der Waals surface area contributed by atoms with E-state index < -0.39 is 0 Å². The molecule has 0 radical (unpaired) electrons. The first-order valence-electron chi connectivity index (χ1n) is 9.03. The maximum atomic E-state index is 12.4. The highest BCUT2D eigenvalue weighted by Gasteiger charge is 2.30. The predicted octanol–water partition coefficient (Wildman–Crippen LogP) is 1.73. The van der Waals surface area contributed by atoms with Crippen LogP contribution in [0.1, 0.15) is 41.8 Å². The van der Waals surface area contributed by atoms with E-state index in [2.05, 4.69) is 5.32 Å². The van der Waals surface area contributed by atoms with Gasteiger partial charge in [0, 0.05) is 45.1 Å². The molecule has 0 aromatic carbocycles. The van der Waals surface area contributed by atoms with Crippen molar-refractivity contribution >= 4 is 29.1 Å². The number of nitrogens with zero attached hydrogens (tertiary/aromatic N) is 2. The van der Waals surface area contributed by atoms with Crippen LogP contribution in [0.15, 0.2) is 17.5 Å². The fraction of sp³-hybridized carbons (Fsp3) is 0.611. The second-order valence-corrected chi connectivity index (χ2v) is 7.62. The lowest BCUT2D eigenvalue weighted by Gasteiger charge is -2.36. The molecule has 1 aliphatic heterocycles. The van der Waals surface area contributed by atoms with Crippen molar-refractivity contribution in [2.24, 2.45) is 5.92 Å². The lowest BCUT2D eigenvalue weighted by molar-refractivity contribution is -0.142. The van der Waals surface area contributed by atoms with Crippen molar-refractivity contribution in [3.8, 4) is 0 Å². The van der Waals surface area contributed by atoms with Crippen LogP contribution in [0.25, 0.3) is 0 Å². The highest BCUT2D eigenvalue weighted by molar-refractivity contribution is 7.12. The van der Waals surface area contributed by atoms with Gasteiger partial charge in [0.1, 0.15) is 0 Å². The molecular weight excluding hydrogens is 338 g/mol. The number of carbonyl (C=O) groups is 3. The van der Waals surface area contributed by atoms with Gasteiger partial charge in [-0.15, -0.1) is 11.3 Å². The molecule has 0 atom stereocenters. The Hall–Kier alpha value is -1.89. The summed E-state index contributed by atoms with van der Waals surface area (Å²) in [5, 5.41) is 4.63. The normalized spacial score (nSPS) is 18.4. The van der Waals surface area contributed by atoms with E-state index in [1.54, 1.807) is 11.0 Å². The summed E-state index contributed by atoms with van der Waals surface area (Å²) in [4.78, 5) is 40.9. The quantitative estimate of drug-likeness (QED) is 0.866. The molecule has 2 heterocycles. The van der Waals surface area contributed by atoms with Crippen LogP contribution in [0, 0.1) is 5.92 Å². The second-order valence-electron chi connectivity index (χ2n) is 6.67. The Kier molecular flexibility index (Phi) is 6.07. The van der Waals surface area contributed by atoms with E-state index in [9.17, 15) is 14.4 Å². The molecule has 1 saturated heterocycles. The van der Waals surface area contributed by atoms with Crippen LogP contribution >= 0.6 is 11.3 Å². The van der Waals surface area contributed by atoms with Crippen molar-refractivity contribution in [2.75, 3.05) is 32.7 Å². The molecule has 0 unspecified atom stereocenters. The van der Waals surface area contributed by atoms with Crippen LogP contribution in [0.2, 0.25) is 0 Å². The molecule has 2 aliphatic rings. The summed E-state index contributed by atoms with van der Waals surface area (Å²) in [5.74, 6) is 0.386. The summed E-state index contributed by atoms with van der Waals surface area (Å²) in [5.41, 5.74) is 0. The van der Waals surface area contributed by atoms with E-state index in [1.807, 2.05) is 16.3 Å². The van der Waals surface area contributed by atoms with E-state index in [4.69, 9.17) is 0 Å². The van der Waals surface area contributed by atoms with Gasteiger partial charge in [-0.1, -0.05) is 18.9 Å². The molecule has 136 valence electrons. The first-order valence-corrected chi connectivity index (χ1v) is 9.91. The smallest absolute Gasteiger partial charge is 0.261 e. The Bertz CT molecular complexity index is 603. The zero-order valence-corrected chi connectivity index (χ0v) is 15.2. The Labute approximate surface area is 152 Å². The molecule has 6 nitrogen and oxygen atoms in total. The molecule has 1 saturated carbocycles. The maximum Gasteiger partial charge on any atom is 0.261 e. The van der Waals surface area contributed by atoms with E-state index in [1.165, 1.54) is 11.3 Å². The number of carbonyl (C=O) groups excluding carboxylic acids is 3. The molecule has 0 bridgehead atoms. The zero-order valence-electron chi connectivity index (χ0n) is 14.4. The summed E-state index contributed by atoms with van der Waals surface area (Å²) < 4.78 is 0. The molecule has 2 fully saturated rings. The second kappa shape index (κ2) is 8.47. The summed E-state index contributed by atoms with van der Waals surface area (Å²) in [6, 6.07) is 3.60. The average molecular weight is 363 g/mol. The Morgan fingerprint density at radius 3 is 2.40 bits per heavy atom. The van der Waals surface area contributed by atoms with Gasteiger partial charge < -0.3 is 15.1 Å². The summed E-state index contributed by atoms with van der Waals surface area (Å²) in [6.45, 7) is 2.79. The first kappa shape index (κ1) is 17.9. The number of piperazine rings is 1. The van der Waals surface area contributed by atoms with E-state index >= 15 is 0 Å². The predicted molar refractivity (Wildman–Crippen MR) is 96.4 cm³/mol. The third-order valence-electron chi connectivity index (χ3n) is 5.02. The van der Waals surface area contributed by atoms with Gasteiger partial charge in [0.25, 0.3) is 5.91 Å². The SMILES string of the molecule is O=C(NCCC(=O)N1CCN(C(=O)C2CCCC2)CC1)c1cccs1. The molecule has 3 rings (SSSR count). The minimum absolute atomic E-state index is 0.0412. The third kappa shape index (κ3) is 4.60. The van der Waals surface area contributed by atoms with Crippen LogP contribution < -0.4 is 5.32 Å². The molecular formula is C18H25N3O3S. The Morgan fingerprint density at radius 1 is 1.08 bits per heavy atom. The maximum absolute atomic E-state index is 12.4. The summed E-state index contributed by atoms with van der Waals surface area (Å²) >= 11 is 1.39. The third-order valence-corrected chi connectivity index (χ3v) is 5.89. The van der Waals surface area contributed by atoms with Crippen LogP contribution in [0.3, 0.4) is 0 Å². The van der Waals surface area contributed by atoms with Crippen LogP contribution in [-0.4, -0.2) is 60.2 Å². The van der Waals surface area contributed by atoms with Crippen molar-refractivity contribution in [2.45, 2.75) is 32.1 Å². The van der Waals surface area contributed by atoms with Crippen LogP contribution in [0.4, 0.5) is 0 Å². The van der Waals surface area contributed by atoms with Gasteiger partial charge in [0.2, 0.25) is 11.8 Å². The number of rotatable bonds is 5. The van der Waals surface area contributed by atoms with Crippen LogP contribution in [-0.2, 0) is 9.59 Å². The Balaban J connectivity index is 1.36. The number of nitrogens with one attached hydrogen (secondary N) is 1. The molecule has 1 aromatic rings. The molecule has 0 spiro atoms. The monoisotopic (exact) mass is 363 g/mol. The molecule has 1 N–H and O–H groups in total. The highest BCUT2D eigenvalue weighted by atomic mass is 32.1. The number of hydrogen-bond acceptors (Lipinski definition) is 4. The van der Waals surface area contributed by atoms with Gasteiger partial charge in [-0.2, -0.15) is 0 Å². The molecule has 1 aromatic heterocycles. The number of thiophene rings is 1. The molecule has 3 amide bonds. The lowest BCUT2D eigenvalue weighted by atomic mass is 10.1. The summed E-state index contributed by atoms with van der Waals surface area (Å²) in [6.07, 6.45) is 4.65. The van der Waals surface area contributed by atoms with Gasteiger partial charge in [0.15, 0.2) is 0 Å². The van der Waals surface area contributed by atoms with Gasteiger partial charge in [0.05, 0.1) is 4.88 Å². The topological polar surface area (TPSA) is 69.7 Å². The lowest BCUT2D eigenvalue weighted by Crippen LogP contribution is -2.52. The number of amides is 3. The van der Waals surface area contributed by atoms with Crippen molar-refractivity contribution in [3.63, 3.8) is 0 Å². The molecule has 25 heavy (non-hydrogen) atoms. The fourth-order valence-corrected chi connectivity index (χ4v) is 4.18. The first-order chi connectivity index (χ1) is 12.1. The van der Waals surface area contributed by atoms with Gasteiger partial charge in [-0.3, -0.25) is 14.4 Å². The van der Waals surface area contributed by atoms with Crippen molar-refractivity contribution in [1.29, 1.82) is 0 Å². The van der Waals surface area contributed by atoms with Crippen LogP contribution in [0.5, 0.6) is 0 Å². The molecule has 7 heteroatoms. The minimum atomic E-state index is -0.130. The van der Waals surface area contributed by atoms with Gasteiger partial charge in [-0.25, -0.2) is 0 Å². The van der Waals surface area contributed by atoms with Gasteiger partial charge in [-0.05, 0) is 24.3 Å². The fourth-order valence-electron chi connectivity index (χ4n) is 3.54. The van der Waals surface area contributed by atoms with E-state index in [0.717, 1.165) is 25.7 Å². The molecule has 1 aliphatic carbocycles. The average Bonchev–Trinajstić information content (AvgIpc) is 3.34. The number of hydrogen-bond donors (Lipinski definition) is 1. The largest absolute Gasteiger partial charge is 0.351 e. The van der Waals surface area contributed by atoms with Crippen molar-refractivity contribution in [3.05, 3.63) is 22.4 Å². The van der Waals surface area contributed by atoms with E-state index in [0.29, 0.717) is 44.0 Å². The Morgan fingerprint density at radius 2 is 1.76 bits per heavy atom. The van der Waals surface area contributed by atoms with Crippen molar-refractivity contribution < 1.29 is 14.4 Å². The minimum Gasteiger partial charge on any atom is -0.351 e. The zero-order chi connectivity index (χ0) is 17.6. The highest BCUT2D eigenvalue weighted by Crippen LogP contribution is 2.26. The standard InChI is InChI=1S/C18H25N3O3S/c22-16(7-8-19-17(23)15-6-3-13-25-15)20-9-11-21(12-10-20)18(24)14-4-1-2-5-14/h3,6,13-14H,1-2,4-5,7-12H2,(H,19,23). The summed E-state index contributed by atoms with van der Waals surface area (Å²) in [7, 11) is 0. The van der Waals surface area contributed by atoms with Gasteiger partial charge >= 0.3 is 0 Å².